The summed E-state index contributed by atoms with van der Waals surface area (Å²) in [6.45, 7) is 4.50. The van der Waals surface area contributed by atoms with Crippen molar-refractivity contribution in [3.05, 3.63) is 101 Å². The van der Waals surface area contributed by atoms with Crippen LogP contribution in [0.1, 0.15) is 18.4 Å². The number of likely N-dealkylation sites (tertiary alicyclic amines) is 1. The van der Waals surface area contributed by atoms with Crippen molar-refractivity contribution in [2.45, 2.75) is 26.0 Å². The third-order valence-electron chi connectivity index (χ3n) is 6.80. The molecule has 184 valence electrons. The van der Waals surface area contributed by atoms with E-state index in [-0.39, 0.29) is 18.0 Å². The number of para-hydroxylation sites is 1. The van der Waals surface area contributed by atoms with Crippen molar-refractivity contribution >= 4 is 34.1 Å². The lowest BCUT2D eigenvalue weighted by atomic mass is 10.1. The molecule has 1 aliphatic rings. The molecule has 0 spiro atoms. The molecule has 3 heterocycles. The first-order valence-corrected chi connectivity index (χ1v) is 12.3. The molecule has 0 bridgehead atoms. The summed E-state index contributed by atoms with van der Waals surface area (Å²) in [5.41, 5.74) is 1.96. The van der Waals surface area contributed by atoms with Gasteiger partial charge < -0.3 is 9.64 Å². The second kappa shape index (κ2) is 10.6. The molecule has 0 amide bonds. The van der Waals surface area contributed by atoms with Gasteiger partial charge in [0.2, 0.25) is 0 Å². The number of pyridine rings is 1. The Labute approximate surface area is 216 Å². The predicted molar refractivity (Wildman–Crippen MR) is 147 cm³/mol. The summed E-state index contributed by atoms with van der Waals surface area (Å²) in [4.78, 5) is 15.5. The summed E-state index contributed by atoms with van der Waals surface area (Å²) in [6, 6.07) is 26.0. The van der Waals surface area contributed by atoms with Crippen LogP contribution in [0.2, 0.25) is 0 Å². The Kier molecular flexibility index (Phi) is 7.07. The topological polar surface area (TPSA) is 52.3 Å². The average Bonchev–Trinajstić information content (AvgIpc) is 3.54. The molecular formula is C29H29ClN4O2. The van der Waals surface area contributed by atoms with Crippen molar-refractivity contribution in [3.8, 4) is 11.6 Å². The van der Waals surface area contributed by atoms with E-state index in [0.717, 1.165) is 42.6 Å². The zero-order valence-corrected chi connectivity index (χ0v) is 20.9. The Morgan fingerprint density at radius 1 is 0.833 bits per heavy atom. The molecule has 0 radical (unpaired) electrons. The van der Waals surface area contributed by atoms with Crippen LogP contribution in [-0.4, -0.2) is 38.9 Å². The summed E-state index contributed by atoms with van der Waals surface area (Å²) in [5, 5.41) is 8.20. The molecule has 2 aromatic heterocycles. The van der Waals surface area contributed by atoms with Gasteiger partial charge in [-0.3, -0.25) is 14.0 Å². The minimum atomic E-state index is -0.157. The van der Waals surface area contributed by atoms with Crippen LogP contribution in [0.25, 0.3) is 27.5 Å². The SMILES string of the molecule is Cl.O=c1cc(OCc2ccc3ccccc3c2)ccn1-c1nn(CCN2CCCC2)c2ccccc12. The van der Waals surface area contributed by atoms with Crippen LogP contribution in [0.3, 0.4) is 0 Å². The van der Waals surface area contributed by atoms with E-state index in [2.05, 4.69) is 41.3 Å². The van der Waals surface area contributed by atoms with Crippen LogP contribution in [0.4, 0.5) is 0 Å². The predicted octanol–water partition coefficient (Wildman–Crippen LogP) is 5.44. The average molecular weight is 501 g/mol. The van der Waals surface area contributed by atoms with E-state index in [4.69, 9.17) is 9.84 Å². The molecule has 0 unspecified atom stereocenters. The Bertz CT molecular complexity index is 1550. The zero-order valence-electron chi connectivity index (χ0n) is 20.0. The Balaban J connectivity index is 0.00000267. The number of fused-ring (bicyclic) bond motifs is 2. The maximum Gasteiger partial charge on any atom is 0.260 e. The number of benzene rings is 3. The monoisotopic (exact) mass is 500 g/mol. The van der Waals surface area contributed by atoms with Crippen molar-refractivity contribution < 1.29 is 4.74 Å². The highest BCUT2D eigenvalue weighted by Gasteiger charge is 2.16. The molecule has 6 nitrogen and oxygen atoms in total. The Hall–Kier alpha value is -3.61. The van der Waals surface area contributed by atoms with Crippen molar-refractivity contribution in [1.29, 1.82) is 0 Å². The number of halogens is 1. The first-order valence-electron chi connectivity index (χ1n) is 12.3. The number of rotatable bonds is 7. The summed E-state index contributed by atoms with van der Waals surface area (Å²) in [7, 11) is 0. The van der Waals surface area contributed by atoms with Gasteiger partial charge in [-0.2, -0.15) is 5.10 Å². The van der Waals surface area contributed by atoms with E-state index in [9.17, 15) is 4.79 Å². The number of ether oxygens (including phenoxy) is 1. The van der Waals surface area contributed by atoms with Gasteiger partial charge in [0.05, 0.1) is 12.1 Å². The van der Waals surface area contributed by atoms with Gasteiger partial charge in [0.1, 0.15) is 12.4 Å². The quantitative estimate of drug-likeness (QED) is 0.299. The molecule has 0 aliphatic carbocycles. The first kappa shape index (κ1) is 24.1. The second-order valence-electron chi connectivity index (χ2n) is 9.15. The molecule has 3 aromatic carbocycles. The molecule has 5 aromatic rings. The van der Waals surface area contributed by atoms with Crippen LogP contribution in [-0.2, 0) is 13.2 Å². The molecule has 36 heavy (non-hydrogen) atoms. The minimum Gasteiger partial charge on any atom is -0.489 e. The molecule has 1 aliphatic heterocycles. The maximum atomic E-state index is 13.1. The van der Waals surface area contributed by atoms with Gasteiger partial charge in [-0.05, 0) is 66.5 Å². The van der Waals surface area contributed by atoms with Crippen molar-refractivity contribution in [2.75, 3.05) is 19.6 Å². The van der Waals surface area contributed by atoms with Gasteiger partial charge in [-0.15, -0.1) is 12.4 Å². The Morgan fingerprint density at radius 2 is 1.61 bits per heavy atom. The maximum absolute atomic E-state index is 13.1. The van der Waals surface area contributed by atoms with Crippen LogP contribution in [0.15, 0.2) is 89.9 Å². The minimum absolute atomic E-state index is 0. The Morgan fingerprint density at radius 3 is 2.44 bits per heavy atom. The largest absolute Gasteiger partial charge is 0.489 e. The van der Waals surface area contributed by atoms with Crippen molar-refractivity contribution in [1.82, 2.24) is 19.2 Å². The lowest BCUT2D eigenvalue weighted by molar-refractivity contribution is 0.305. The van der Waals surface area contributed by atoms with Crippen molar-refractivity contribution in [3.63, 3.8) is 0 Å². The molecular weight excluding hydrogens is 472 g/mol. The fourth-order valence-electron chi connectivity index (χ4n) is 4.92. The van der Waals surface area contributed by atoms with Crippen LogP contribution >= 0.6 is 12.4 Å². The molecule has 0 N–H and O–H groups in total. The van der Waals surface area contributed by atoms with Crippen LogP contribution in [0.5, 0.6) is 5.75 Å². The zero-order chi connectivity index (χ0) is 23.6. The third kappa shape index (κ3) is 4.87. The van der Waals surface area contributed by atoms with Crippen molar-refractivity contribution in [2.24, 2.45) is 0 Å². The van der Waals surface area contributed by atoms with Gasteiger partial charge in [-0.25, -0.2) is 0 Å². The molecule has 0 saturated carbocycles. The fourth-order valence-corrected chi connectivity index (χ4v) is 4.92. The van der Waals surface area contributed by atoms with Gasteiger partial charge in [0.15, 0.2) is 5.82 Å². The molecule has 0 atom stereocenters. The normalized spacial score (nSPS) is 13.8. The first-order chi connectivity index (χ1) is 17.2. The van der Waals surface area contributed by atoms with Gasteiger partial charge >= 0.3 is 0 Å². The smallest absolute Gasteiger partial charge is 0.260 e. The van der Waals surface area contributed by atoms with Crippen LogP contribution in [0, 0.1) is 0 Å². The number of nitrogens with zero attached hydrogens (tertiary/aromatic N) is 4. The van der Waals surface area contributed by atoms with E-state index < -0.39 is 0 Å². The lowest BCUT2D eigenvalue weighted by Gasteiger charge is -2.14. The van der Waals surface area contributed by atoms with Gasteiger partial charge in [0, 0.05) is 24.2 Å². The number of aromatic nitrogens is 3. The molecule has 1 fully saturated rings. The molecule has 7 heteroatoms. The van der Waals surface area contributed by atoms with Gasteiger partial charge in [-0.1, -0.05) is 48.5 Å². The van der Waals surface area contributed by atoms with E-state index in [1.807, 2.05) is 41.1 Å². The van der Waals surface area contributed by atoms with E-state index in [1.165, 1.54) is 23.6 Å². The van der Waals surface area contributed by atoms with E-state index in [1.54, 1.807) is 16.8 Å². The van der Waals surface area contributed by atoms with E-state index >= 15 is 0 Å². The van der Waals surface area contributed by atoms with Gasteiger partial charge in [0.25, 0.3) is 5.56 Å². The number of hydrogen-bond donors (Lipinski definition) is 0. The second-order valence-corrected chi connectivity index (χ2v) is 9.15. The molecule has 1 saturated heterocycles. The van der Waals surface area contributed by atoms with E-state index in [0.29, 0.717) is 18.2 Å². The third-order valence-corrected chi connectivity index (χ3v) is 6.80. The van der Waals surface area contributed by atoms with Crippen LogP contribution < -0.4 is 10.3 Å². The standard InChI is InChI=1S/C29H28N4O2.ClH/c34-28-20-25(35-21-22-11-12-23-7-1-2-8-24(23)19-22)13-16-32(28)29-26-9-3-4-10-27(26)33(30-29)18-17-31-14-5-6-15-31;/h1-4,7-13,16,19-20H,5-6,14-15,17-18,21H2;1H. The summed E-state index contributed by atoms with van der Waals surface area (Å²) >= 11 is 0. The highest BCUT2D eigenvalue weighted by Crippen LogP contribution is 2.22. The fraction of sp³-hybridized carbons (Fsp3) is 0.241. The lowest BCUT2D eigenvalue weighted by Crippen LogP contribution is -2.24. The number of hydrogen-bond acceptors (Lipinski definition) is 4. The highest BCUT2D eigenvalue weighted by molar-refractivity contribution is 5.86. The summed E-state index contributed by atoms with van der Waals surface area (Å²) < 4.78 is 9.59. The molecule has 6 rings (SSSR count). The summed E-state index contributed by atoms with van der Waals surface area (Å²) in [6.07, 6.45) is 4.31. The summed E-state index contributed by atoms with van der Waals surface area (Å²) in [5.74, 6) is 1.21. The highest BCUT2D eigenvalue weighted by atomic mass is 35.5.